The Morgan fingerprint density at radius 3 is 2.86 bits per heavy atom. The summed E-state index contributed by atoms with van der Waals surface area (Å²) in [5, 5.41) is 5.81. The molecule has 0 bridgehead atoms. The van der Waals surface area contributed by atoms with Gasteiger partial charge in [-0.3, -0.25) is 10.1 Å². The zero-order valence-electron chi connectivity index (χ0n) is 12.1. The van der Waals surface area contributed by atoms with Crippen molar-refractivity contribution in [3.63, 3.8) is 0 Å². The number of carbonyl (C=O) groups excluding carboxylic acids is 1. The van der Waals surface area contributed by atoms with Crippen molar-refractivity contribution in [3.05, 3.63) is 29.8 Å². The van der Waals surface area contributed by atoms with Crippen LogP contribution < -0.4 is 10.6 Å². The zero-order valence-corrected chi connectivity index (χ0v) is 12.9. The number of amides is 1. The van der Waals surface area contributed by atoms with Gasteiger partial charge in [0.05, 0.1) is 23.3 Å². The van der Waals surface area contributed by atoms with E-state index in [2.05, 4.69) is 10.6 Å². The summed E-state index contributed by atoms with van der Waals surface area (Å²) in [4.78, 5) is 12.3. The SMILES string of the molecule is COCCNC(=O)C(C)NC1CS(=O)(=O)c2ccccc21. The molecule has 0 aromatic heterocycles. The molecule has 1 amide bonds. The lowest BCUT2D eigenvalue weighted by molar-refractivity contribution is -0.123. The summed E-state index contributed by atoms with van der Waals surface area (Å²) in [5.74, 6) is -0.184. The fourth-order valence-electron chi connectivity index (χ4n) is 2.40. The first-order chi connectivity index (χ1) is 9.95. The largest absolute Gasteiger partial charge is 0.383 e. The highest BCUT2D eigenvalue weighted by molar-refractivity contribution is 7.91. The molecular formula is C14H20N2O4S. The van der Waals surface area contributed by atoms with E-state index in [-0.39, 0.29) is 17.7 Å². The maximum Gasteiger partial charge on any atom is 0.236 e. The van der Waals surface area contributed by atoms with Gasteiger partial charge in [0, 0.05) is 19.7 Å². The van der Waals surface area contributed by atoms with E-state index in [1.54, 1.807) is 38.3 Å². The van der Waals surface area contributed by atoms with Gasteiger partial charge in [0.1, 0.15) is 0 Å². The topological polar surface area (TPSA) is 84.5 Å². The van der Waals surface area contributed by atoms with Crippen LogP contribution in [0.3, 0.4) is 0 Å². The van der Waals surface area contributed by atoms with Gasteiger partial charge in [0.25, 0.3) is 0 Å². The second-order valence-corrected chi connectivity index (χ2v) is 7.05. The van der Waals surface area contributed by atoms with Crippen LogP contribution in [0.2, 0.25) is 0 Å². The van der Waals surface area contributed by atoms with Gasteiger partial charge < -0.3 is 10.1 Å². The molecule has 21 heavy (non-hydrogen) atoms. The Labute approximate surface area is 124 Å². The number of hydrogen-bond donors (Lipinski definition) is 2. The summed E-state index contributed by atoms with van der Waals surface area (Å²) in [7, 11) is -1.70. The van der Waals surface area contributed by atoms with Crippen molar-refractivity contribution in [3.8, 4) is 0 Å². The smallest absolute Gasteiger partial charge is 0.236 e. The second-order valence-electron chi connectivity index (χ2n) is 5.04. The third kappa shape index (κ3) is 3.61. The number of ether oxygens (including phenoxy) is 1. The Hall–Kier alpha value is -1.44. The van der Waals surface area contributed by atoms with Gasteiger partial charge in [0.15, 0.2) is 9.84 Å². The molecule has 1 aromatic rings. The second kappa shape index (κ2) is 6.55. The fourth-order valence-corrected chi connectivity index (χ4v) is 4.14. The number of carbonyl (C=O) groups is 1. The molecule has 6 nitrogen and oxygen atoms in total. The van der Waals surface area contributed by atoms with Crippen molar-refractivity contribution in [2.75, 3.05) is 26.0 Å². The van der Waals surface area contributed by atoms with Gasteiger partial charge in [0.2, 0.25) is 5.91 Å². The van der Waals surface area contributed by atoms with Crippen LogP contribution in [0.4, 0.5) is 0 Å². The van der Waals surface area contributed by atoms with E-state index < -0.39 is 15.9 Å². The normalized spacial score (nSPS) is 20.8. The average Bonchev–Trinajstić information content (AvgIpc) is 2.71. The van der Waals surface area contributed by atoms with Crippen LogP contribution in [0.1, 0.15) is 18.5 Å². The molecule has 2 rings (SSSR count). The maximum atomic E-state index is 12.1. The highest BCUT2D eigenvalue weighted by atomic mass is 32.2. The molecule has 0 saturated heterocycles. The molecule has 1 heterocycles. The highest BCUT2D eigenvalue weighted by Gasteiger charge is 2.35. The summed E-state index contributed by atoms with van der Waals surface area (Å²) in [6, 6.07) is 6.07. The van der Waals surface area contributed by atoms with E-state index in [0.29, 0.717) is 18.0 Å². The van der Waals surface area contributed by atoms with Crippen LogP contribution in [-0.4, -0.2) is 46.4 Å². The number of rotatable bonds is 6. The molecule has 0 spiro atoms. The molecule has 0 fully saturated rings. The van der Waals surface area contributed by atoms with Crippen LogP contribution in [0.25, 0.3) is 0 Å². The van der Waals surface area contributed by atoms with E-state index in [4.69, 9.17) is 4.74 Å². The van der Waals surface area contributed by atoms with Crippen molar-refractivity contribution in [2.24, 2.45) is 0 Å². The van der Waals surface area contributed by atoms with Gasteiger partial charge in [-0.2, -0.15) is 0 Å². The molecule has 2 atom stereocenters. The Bertz CT molecular complexity index is 615. The monoisotopic (exact) mass is 312 g/mol. The van der Waals surface area contributed by atoms with E-state index in [1.165, 1.54) is 0 Å². The van der Waals surface area contributed by atoms with Crippen LogP contribution in [0, 0.1) is 0 Å². The number of methoxy groups -OCH3 is 1. The van der Waals surface area contributed by atoms with Gasteiger partial charge >= 0.3 is 0 Å². The molecule has 0 radical (unpaired) electrons. The van der Waals surface area contributed by atoms with E-state index >= 15 is 0 Å². The molecule has 0 aliphatic carbocycles. The number of sulfone groups is 1. The van der Waals surface area contributed by atoms with Crippen molar-refractivity contribution < 1.29 is 17.9 Å². The Balaban J connectivity index is 2.03. The van der Waals surface area contributed by atoms with E-state index in [1.807, 2.05) is 0 Å². The van der Waals surface area contributed by atoms with Crippen LogP contribution in [-0.2, 0) is 19.4 Å². The van der Waals surface area contributed by atoms with Gasteiger partial charge in [-0.25, -0.2) is 8.42 Å². The van der Waals surface area contributed by atoms with Crippen LogP contribution >= 0.6 is 0 Å². The van der Waals surface area contributed by atoms with Crippen molar-refractivity contribution in [1.82, 2.24) is 10.6 Å². The summed E-state index contributed by atoms with van der Waals surface area (Å²) in [6.45, 7) is 2.59. The third-order valence-electron chi connectivity index (χ3n) is 3.47. The number of fused-ring (bicyclic) bond motifs is 1. The first-order valence-electron chi connectivity index (χ1n) is 6.80. The molecule has 1 aliphatic heterocycles. The quantitative estimate of drug-likeness (QED) is 0.736. The van der Waals surface area contributed by atoms with Gasteiger partial charge in [-0.1, -0.05) is 18.2 Å². The summed E-state index contributed by atoms with van der Waals surface area (Å²) in [6.07, 6.45) is 0. The fraction of sp³-hybridized carbons (Fsp3) is 0.500. The Morgan fingerprint density at radius 2 is 2.14 bits per heavy atom. The van der Waals surface area contributed by atoms with Crippen molar-refractivity contribution in [2.45, 2.75) is 23.9 Å². The summed E-state index contributed by atoms with van der Waals surface area (Å²) < 4.78 is 29.0. The lowest BCUT2D eigenvalue weighted by Gasteiger charge is -2.19. The van der Waals surface area contributed by atoms with Crippen LogP contribution in [0.5, 0.6) is 0 Å². The Morgan fingerprint density at radius 1 is 1.43 bits per heavy atom. The number of nitrogens with one attached hydrogen (secondary N) is 2. The predicted octanol–water partition coefficient (Wildman–Crippen LogP) is 0.256. The minimum Gasteiger partial charge on any atom is -0.383 e. The minimum atomic E-state index is -3.26. The standard InChI is InChI=1S/C14H20N2O4S/c1-10(14(17)15-7-8-20-2)16-12-9-21(18,19)13-6-4-3-5-11(12)13/h3-6,10,12,16H,7-9H2,1-2H3,(H,15,17). The zero-order chi connectivity index (χ0) is 15.5. The first-order valence-corrected chi connectivity index (χ1v) is 8.45. The van der Waals surface area contributed by atoms with E-state index in [9.17, 15) is 13.2 Å². The first kappa shape index (κ1) is 15.9. The lowest BCUT2D eigenvalue weighted by atomic mass is 10.1. The van der Waals surface area contributed by atoms with Crippen LogP contribution in [0.15, 0.2) is 29.2 Å². The lowest BCUT2D eigenvalue weighted by Crippen LogP contribution is -2.44. The molecule has 1 aliphatic rings. The summed E-state index contributed by atoms with van der Waals surface area (Å²) in [5.41, 5.74) is 0.731. The highest BCUT2D eigenvalue weighted by Crippen LogP contribution is 2.33. The molecular weight excluding hydrogens is 292 g/mol. The Kier molecular flexibility index (Phi) is 4.97. The minimum absolute atomic E-state index is 0.0119. The molecule has 116 valence electrons. The predicted molar refractivity (Wildman–Crippen MR) is 78.7 cm³/mol. The van der Waals surface area contributed by atoms with Gasteiger partial charge in [-0.05, 0) is 18.6 Å². The maximum absolute atomic E-state index is 12.1. The average molecular weight is 312 g/mol. The van der Waals surface area contributed by atoms with E-state index in [0.717, 1.165) is 5.56 Å². The summed E-state index contributed by atoms with van der Waals surface area (Å²) >= 11 is 0. The van der Waals surface area contributed by atoms with Crippen molar-refractivity contribution >= 4 is 15.7 Å². The molecule has 0 saturated carbocycles. The number of benzene rings is 1. The molecule has 1 aromatic carbocycles. The molecule has 7 heteroatoms. The van der Waals surface area contributed by atoms with Gasteiger partial charge in [-0.15, -0.1) is 0 Å². The van der Waals surface area contributed by atoms with Crippen molar-refractivity contribution in [1.29, 1.82) is 0 Å². The third-order valence-corrected chi connectivity index (χ3v) is 5.28. The molecule has 2 N–H and O–H groups in total. The molecule has 2 unspecified atom stereocenters. The number of hydrogen-bond acceptors (Lipinski definition) is 5.